The van der Waals surface area contributed by atoms with E-state index >= 15 is 0 Å². The third-order valence-electron chi connectivity index (χ3n) is 2.75. The van der Waals surface area contributed by atoms with Crippen LogP contribution in [0.2, 0.25) is 0 Å². The summed E-state index contributed by atoms with van der Waals surface area (Å²) in [6, 6.07) is 9.13. The second kappa shape index (κ2) is 4.61. The molecular formula is C13H9Br2N3O. The van der Waals surface area contributed by atoms with Crippen LogP contribution in [0.3, 0.4) is 0 Å². The highest BCUT2D eigenvalue weighted by Gasteiger charge is 2.11. The largest absolute Gasteiger partial charge is 0.506 e. The van der Waals surface area contributed by atoms with Crippen molar-refractivity contribution in [3.8, 4) is 11.4 Å². The van der Waals surface area contributed by atoms with E-state index in [1.807, 2.05) is 31.2 Å². The Balaban J connectivity index is 2.26. The van der Waals surface area contributed by atoms with E-state index in [9.17, 15) is 5.11 Å². The predicted octanol–water partition coefficient (Wildman–Crippen LogP) is 3.96. The SMILES string of the molecule is Cc1ccc(O)c(-n2nc3cc(Br)cc(Br)c3n2)c1. The molecule has 3 aromatic rings. The lowest BCUT2D eigenvalue weighted by molar-refractivity contribution is 0.467. The lowest BCUT2D eigenvalue weighted by atomic mass is 10.2. The fraction of sp³-hybridized carbons (Fsp3) is 0.0769. The zero-order chi connectivity index (χ0) is 13.6. The lowest BCUT2D eigenvalue weighted by Gasteiger charge is -2.03. The Morgan fingerprint density at radius 3 is 2.68 bits per heavy atom. The number of hydrogen-bond acceptors (Lipinski definition) is 3. The molecule has 1 aromatic heterocycles. The fourth-order valence-corrected chi connectivity index (χ4v) is 3.13. The van der Waals surface area contributed by atoms with Gasteiger partial charge in [-0.3, -0.25) is 0 Å². The van der Waals surface area contributed by atoms with E-state index < -0.39 is 0 Å². The molecule has 6 heteroatoms. The van der Waals surface area contributed by atoms with Gasteiger partial charge in [0, 0.05) is 8.95 Å². The van der Waals surface area contributed by atoms with Crippen molar-refractivity contribution in [3.05, 3.63) is 44.8 Å². The van der Waals surface area contributed by atoms with E-state index in [1.54, 1.807) is 6.07 Å². The minimum absolute atomic E-state index is 0.154. The zero-order valence-electron chi connectivity index (χ0n) is 9.93. The quantitative estimate of drug-likeness (QED) is 0.692. The first-order chi connectivity index (χ1) is 9.04. The van der Waals surface area contributed by atoms with Crippen molar-refractivity contribution >= 4 is 42.9 Å². The molecular weight excluding hydrogens is 374 g/mol. The van der Waals surface area contributed by atoms with Crippen molar-refractivity contribution in [1.82, 2.24) is 15.0 Å². The first kappa shape index (κ1) is 12.6. The maximum atomic E-state index is 9.92. The highest BCUT2D eigenvalue weighted by molar-refractivity contribution is 9.11. The summed E-state index contributed by atoms with van der Waals surface area (Å²) in [5.41, 5.74) is 3.11. The normalized spacial score (nSPS) is 11.1. The van der Waals surface area contributed by atoms with Crippen molar-refractivity contribution in [2.24, 2.45) is 0 Å². The highest BCUT2D eigenvalue weighted by atomic mass is 79.9. The van der Waals surface area contributed by atoms with Gasteiger partial charge in [-0.05, 0) is 52.7 Å². The first-order valence-corrected chi connectivity index (χ1v) is 7.15. The molecule has 0 bridgehead atoms. The van der Waals surface area contributed by atoms with Crippen LogP contribution in [0.15, 0.2) is 39.3 Å². The number of halogens is 2. The molecule has 2 aromatic carbocycles. The molecule has 96 valence electrons. The maximum absolute atomic E-state index is 9.92. The molecule has 1 heterocycles. The predicted molar refractivity (Wildman–Crippen MR) is 80.7 cm³/mol. The fourth-order valence-electron chi connectivity index (χ4n) is 1.85. The highest BCUT2D eigenvalue weighted by Crippen LogP contribution is 2.28. The smallest absolute Gasteiger partial charge is 0.143 e. The number of phenolic OH excluding ortho intramolecular Hbond substituents is 1. The number of aryl methyl sites for hydroxylation is 1. The number of nitrogens with zero attached hydrogens (tertiary/aromatic N) is 3. The zero-order valence-corrected chi connectivity index (χ0v) is 13.1. The molecule has 0 unspecified atom stereocenters. The van der Waals surface area contributed by atoms with Gasteiger partial charge >= 0.3 is 0 Å². The number of hydrogen-bond donors (Lipinski definition) is 1. The summed E-state index contributed by atoms with van der Waals surface area (Å²) in [7, 11) is 0. The molecule has 0 saturated carbocycles. The minimum atomic E-state index is 0.154. The van der Waals surface area contributed by atoms with Crippen LogP contribution in [0.4, 0.5) is 0 Å². The summed E-state index contributed by atoms with van der Waals surface area (Å²) in [5, 5.41) is 18.7. The molecule has 0 radical (unpaired) electrons. The first-order valence-electron chi connectivity index (χ1n) is 5.57. The van der Waals surface area contributed by atoms with Crippen molar-refractivity contribution in [1.29, 1.82) is 0 Å². The third kappa shape index (κ3) is 2.26. The molecule has 0 aliphatic heterocycles. The van der Waals surface area contributed by atoms with Crippen LogP contribution >= 0.6 is 31.9 Å². The van der Waals surface area contributed by atoms with Gasteiger partial charge in [-0.15, -0.1) is 15.0 Å². The number of benzene rings is 2. The molecule has 0 atom stereocenters. The molecule has 3 rings (SSSR count). The molecule has 4 nitrogen and oxygen atoms in total. The van der Waals surface area contributed by atoms with E-state index in [2.05, 4.69) is 42.1 Å². The summed E-state index contributed by atoms with van der Waals surface area (Å²) in [6.45, 7) is 1.96. The van der Waals surface area contributed by atoms with Crippen LogP contribution in [0, 0.1) is 6.92 Å². The monoisotopic (exact) mass is 381 g/mol. The van der Waals surface area contributed by atoms with Gasteiger partial charge in [0.2, 0.25) is 0 Å². The average molecular weight is 383 g/mol. The summed E-state index contributed by atoms with van der Waals surface area (Å²) in [6.07, 6.45) is 0. The van der Waals surface area contributed by atoms with Crippen molar-refractivity contribution in [2.45, 2.75) is 6.92 Å². The number of aromatic hydroxyl groups is 1. The van der Waals surface area contributed by atoms with Gasteiger partial charge in [0.05, 0.1) is 0 Å². The molecule has 0 saturated heterocycles. The average Bonchev–Trinajstić information content (AvgIpc) is 2.76. The number of aromatic nitrogens is 3. The van der Waals surface area contributed by atoms with Crippen LogP contribution < -0.4 is 0 Å². The molecule has 0 spiro atoms. The van der Waals surface area contributed by atoms with Gasteiger partial charge in [0.1, 0.15) is 22.5 Å². The number of fused-ring (bicyclic) bond motifs is 1. The second-order valence-electron chi connectivity index (χ2n) is 4.24. The standard InChI is InChI=1S/C13H9Br2N3O/c1-7-2-3-12(19)11(4-7)18-16-10-6-8(14)5-9(15)13(10)17-18/h2-6,19H,1H3. The summed E-state index contributed by atoms with van der Waals surface area (Å²) >= 11 is 6.88. The van der Waals surface area contributed by atoms with Gasteiger partial charge in [0.15, 0.2) is 0 Å². The Morgan fingerprint density at radius 1 is 1.11 bits per heavy atom. The Kier molecular flexibility index (Phi) is 3.06. The molecule has 0 aliphatic carbocycles. The van der Waals surface area contributed by atoms with Crippen molar-refractivity contribution in [2.75, 3.05) is 0 Å². The molecule has 1 N–H and O–H groups in total. The van der Waals surface area contributed by atoms with Crippen LogP contribution in [0.25, 0.3) is 16.7 Å². The van der Waals surface area contributed by atoms with Gasteiger partial charge < -0.3 is 5.11 Å². The summed E-state index contributed by atoms with van der Waals surface area (Å²) in [4.78, 5) is 1.45. The number of rotatable bonds is 1. The van der Waals surface area contributed by atoms with E-state index in [0.717, 1.165) is 25.5 Å². The minimum Gasteiger partial charge on any atom is -0.506 e. The summed E-state index contributed by atoms with van der Waals surface area (Å²) < 4.78 is 1.78. The van der Waals surface area contributed by atoms with Crippen molar-refractivity contribution < 1.29 is 5.11 Å². The van der Waals surface area contributed by atoms with Crippen LogP contribution in [0.5, 0.6) is 5.75 Å². The van der Waals surface area contributed by atoms with Gasteiger partial charge in [-0.2, -0.15) is 0 Å². The lowest BCUT2D eigenvalue weighted by Crippen LogP contribution is -1.99. The summed E-state index contributed by atoms with van der Waals surface area (Å²) in [5.74, 6) is 0.154. The number of phenols is 1. The second-order valence-corrected chi connectivity index (χ2v) is 6.01. The Bertz CT molecular complexity index is 783. The van der Waals surface area contributed by atoms with E-state index in [1.165, 1.54) is 4.80 Å². The Labute approximate surface area is 126 Å². The topological polar surface area (TPSA) is 50.9 Å². The van der Waals surface area contributed by atoms with Gasteiger partial charge in [0.25, 0.3) is 0 Å². The molecule has 0 fully saturated rings. The Morgan fingerprint density at radius 2 is 1.89 bits per heavy atom. The molecule has 0 aliphatic rings. The van der Waals surface area contributed by atoms with Crippen molar-refractivity contribution in [3.63, 3.8) is 0 Å². The van der Waals surface area contributed by atoms with Crippen LogP contribution in [-0.4, -0.2) is 20.1 Å². The van der Waals surface area contributed by atoms with E-state index in [-0.39, 0.29) is 5.75 Å². The van der Waals surface area contributed by atoms with E-state index in [0.29, 0.717) is 5.69 Å². The van der Waals surface area contributed by atoms with Gasteiger partial charge in [-0.25, -0.2) is 0 Å². The van der Waals surface area contributed by atoms with E-state index in [4.69, 9.17) is 0 Å². The maximum Gasteiger partial charge on any atom is 0.143 e. The Hall–Kier alpha value is -1.40. The molecule has 19 heavy (non-hydrogen) atoms. The molecule has 0 amide bonds. The van der Waals surface area contributed by atoms with Crippen LogP contribution in [-0.2, 0) is 0 Å². The third-order valence-corrected chi connectivity index (χ3v) is 3.81. The van der Waals surface area contributed by atoms with Crippen LogP contribution in [0.1, 0.15) is 5.56 Å². The van der Waals surface area contributed by atoms with Gasteiger partial charge in [-0.1, -0.05) is 22.0 Å².